The zero-order valence-electron chi connectivity index (χ0n) is 10.4. The van der Waals surface area contributed by atoms with Gasteiger partial charge in [0.1, 0.15) is 0 Å². The molecule has 1 rings (SSSR count). The molecule has 94 valence electrons. The van der Waals surface area contributed by atoms with Gasteiger partial charge in [-0.25, -0.2) is 4.39 Å². The zero-order valence-corrected chi connectivity index (χ0v) is 10.4. The van der Waals surface area contributed by atoms with Crippen LogP contribution in [0.2, 0.25) is 0 Å². The molecule has 0 saturated heterocycles. The second kappa shape index (κ2) is 6.23. The second-order valence-electron chi connectivity index (χ2n) is 3.61. The van der Waals surface area contributed by atoms with E-state index in [1.807, 2.05) is 6.92 Å². The number of hydrogen-bond acceptors (Lipinski definition) is 3. The molecular formula is C13H17FO3. The molecule has 0 bridgehead atoms. The van der Waals surface area contributed by atoms with Crippen LogP contribution in [0.4, 0.5) is 4.39 Å². The average molecular weight is 240 g/mol. The van der Waals surface area contributed by atoms with Crippen LogP contribution in [0.1, 0.15) is 25.0 Å². The molecule has 3 nitrogen and oxygen atoms in total. The van der Waals surface area contributed by atoms with E-state index in [0.717, 1.165) is 5.56 Å². The second-order valence-corrected chi connectivity index (χ2v) is 3.61. The molecule has 0 aliphatic rings. The summed E-state index contributed by atoms with van der Waals surface area (Å²) < 4.78 is 23.5. The van der Waals surface area contributed by atoms with Crippen molar-refractivity contribution in [3.63, 3.8) is 0 Å². The normalized spacial score (nSPS) is 10.1. The highest BCUT2D eigenvalue weighted by molar-refractivity contribution is 5.73. The van der Waals surface area contributed by atoms with Crippen molar-refractivity contribution in [3.8, 4) is 5.75 Å². The fourth-order valence-corrected chi connectivity index (χ4v) is 1.64. The van der Waals surface area contributed by atoms with Gasteiger partial charge in [0.05, 0.1) is 20.1 Å². The maximum atomic E-state index is 13.7. The number of methoxy groups -OCH3 is 1. The molecule has 0 aliphatic carbocycles. The Hall–Kier alpha value is -1.58. The Bertz CT molecular complexity index is 402. The van der Waals surface area contributed by atoms with Gasteiger partial charge in [0.2, 0.25) is 0 Å². The first-order valence-electron chi connectivity index (χ1n) is 5.63. The Morgan fingerprint density at radius 3 is 2.59 bits per heavy atom. The molecule has 0 atom stereocenters. The van der Waals surface area contributed by atoms with Gasteiger partial charge in [-0.1, -0.05) is 13.0 Å². The van der Waals surface area contributed by atoms with Crippen LogP contribution in [0.5, 0.6) is 5.75 Å². The van der Waals surface area contributed by atoms with E-state index in [2.05, 4.69) is 0 Å². The Balaban J connectivity index is 3.02. The number of hydrogen-bond donors (Lipinski definition) is 0. The molecule has 0 spiro atoms. The van der Waals surface area contributed by atoms with Crippen molar-refractivity contribution in [2.75, 3.05) is 13.7 Å². The highest BCUT2D eigenvalue weighted by Crippen LogP contribution is 2.25. The monoisotopic (exact) mass is 240 g/mol. The van der Waals surface area contributed by atoms with Crippen LogP contribution in [0.25, 0.3) is 0 Å². The van der Waals surface area contributed by atoms with Crippen LogP contribution in [-0.4, -0.2) is 19.7 Å². The first-order valence-corrected chi connectivity index (χ1v) is 5.63. The third kappa shape index (κ3) is 3.44. The van der Waals surface area contributed by atoms with Crippen LogP contribution in [0.15, 0.2) is 12.1 Å². The molecule has 0 aromatic heterocycles. The summed E-state index contributed by atoms with van der Waals surface area (Å²) in [5, 5.41) is 0. The van der Waals surface area contributed by atoms with E-state index < -0.39 is 5.82 Å². The Labute approximate surface area is 101 Å². The van der Waals surface area contributed by atoms with Crippen molar-refractivity contribution in [2.24, 2.45) is 0 Å². The van der Waals surface area contributed by atoms with Gasteiger partial charge in [-0.05, 0) is 25.0 Å². The zero-order chi connectivity index (χ0) is 12.8. The summed E-state index contributed by atoms with van der Waals surface area (Å²) in [6.07, 6.45) is 0.735. The van der Waals surface area contributed by atoms with Gasteiger partial charge in [-0.3, -0.25) is 4.79 Å². The first-order chi connectivity index (χ1) is 8.12. The lowest BCUT2D eigenvalue weighted by Crippen LogP contribution is -2.09. The lowest BCUT2D eigenvalue weighted by atomic mass is 10.0. The minimum absolute atomic E-state index is 0.0295. The standard InChI is InChI=1S/C13H17FO3/c1-4-9-6-10(8-12(15)17-5-2)13(16-3)11(14)7-9/h6-7H,4-5,8H2,1-3H3. The first kappa shape index (κ1) is 13.5. The predicted molar refractivity (Wildman–Crippen MR) is 62.7 cm³/mol. The van der Waals surface area contributed by atoms with Crippen molar-refractivity contribution in [2.45, 2.75) is 26.7 Å². The molecular weight excluding hydrogens is 223 g/mol. The molecule has 1 aromatic carbocycles. The third-order valence-electron chi connectivity index (χ3n) is 2.43. The van der Waals surface area contributed by atoms with E-state index in [-0.39, 0.29) is 18.1 Å². The van der Waals surface area contributed by atoms with Gasteiger partial charge in [0.15, 0.2) is 11.6 Å². The molecule has 0 N–H and O–H groups in total. The fourth-order valence-electron chi connectivity index (χ4n) is 1.64. The van der Waals surface area contributed by atoms with E-state index in [1.54, 1.807) is 13.0 Å². The predicted octanol–water partition coefficient (Wildman–Crippen LogP) is 2.50. The van der Waals surface area contributed by atoms with E-state index in [4.69, 9.17) is 9.47 Å². The van der Waals surface area contributed by atoms with Crippen LogP contribution in [0, 0.1) is 5.82 Å². The molecule has 4 heteroatoms. The number of carbonyl (C=O) groups is 1. The minimum atomic E-state index is -0.439. The van der Waals surface area contributed by atoms with E-state index >= 15 is 0 Å². The number of halogens is 1. The molecule has 0 aliphatic heterocycles. The molecule has 0 unspecified atom stereocenters. The Morgan fingerprint density at radius 2 is 2.06 bits per heavy atom. The van der Waals surface area contributed by atoms with Crippen LogP contribution in [0.3, 0.4) is 0 Å². The Kier molecular flexibility index (Phi) is 4.94. The van der Waals surface area contributed by atoms with Crippen molar-refractivity contribution in [3.05, 3.63) is 29.1 Å². The van der Waals surface area contributed by atoms with Gasteiger partial charge < -0.3 is 9.47 Å². The molecule has 0 amide bonds. The van der Waals surface area contributed by atoms with E-state index in [1.165, 1.54) is 13.2 Å². The lowest BCUT2D eigenvalue weighted by Gasteiger charge is -2.11. The third-order valence-corrected chi connectivity index (χ3v) is 2.43. The summed E-state index contributed by atoms with van der Waals surface area (Å²) in [7, 11) is 1.39. The fraction of sp³-hybridized carbons (Fsp3) is 0.462. The van der Waals surface area contributed by atoms with Crippen molar-refractivity contribution in [1.82, 2.24) is 0 Å². The van der Waals surface area contributed by atoms with Crippen molar-refractivity contribution >= 4 is 5.97 Å². The molecule has 0 fully saturated rings. The summed E-state index contributed by atoms with van der Waals surface area (Å²) in [4.78, 5) is 11.4. The molecule has 1 aromatic rings. The number of esters is 1. The summed E-state index contributed by atoms with van der Waals surface area (Å²) in [6.45, 7) is 3.98. The van der Waals surface area contributed by atoms with Crippen molar-refractivity contribution < 1.29 is 18.7 Å². The molecule has 0 heterocycles. The van der Waals surface area contributed by atoms with Gasteiger partial charge in [-0.2, -0.15) is 0 Å². The van der Waals surface area contributed by atoms with Crippen LogP contribution < -0.4 is 4.74 Å². The summed E-state index contributed by atoms with van der Waals surface area (Å²) in [5.41, 5.74) is 1.37. The SMILES string of the molecule is CCOC(=O)Cc1cc(CC)cc(F)c1OC. The Morgan fingerprint density at radius 1 is 1.35 bits per heavy atom. The lowest BCUT2D eigenvalue weighted by molar-refractivity contribution is -0.142. The summed E-state index contributed by atoms with van der Waals surface area (Å²) in [6, 6.07) is 3.20. The highest BCUT2D eigenvalue weighted by Gasteiger charge is 2.14. The summed E-state index contributed by atoms with van der Waals surface area (Å²) >= 11 is 0. The maximum Gasteiger partial charge on any atom is 0.310 e. The van der Waals surface area contributed by atoms with Gasteiger partial charge in [0, 0.05) is 5.56 Å². The van der Waals surface area contributed by atoms with Gasteiger partial charge in [0.25, 0.3) is 0 Å². The number of aryl methyl sites for hydroxylation is 1. The maximum absolute atomic E-state index is 13.7. The molecule has 0 saturated carbocycles. The highest BCUT2D eigenvalue weighted by atomic mass is 19.1. The van der Waals surface area contributed by atoms with Gasteiger partial charge >= 0.3 is 5.97 Å². The van der Waals surface area contributed by atoms with Crippen molar-refractivity contribution in [1.29, 1.82) is 0 Å². The number of ether oxygens (including phenoxy) is 2. The van der Waals surface area contributed by atoms with Crippen LogP contribution in [-0.2, 0) is 22.4 Å². The number of rotatable bonds is 5. The molecule has 17 heavy (non-hydrogen) atoms. The average Bonchev–Trinajstić information content (AvgIpc) is 2.28. The van der Waals surface area contributed by atoms with E-state index in [9.17, 15) is 9.18 Å². The van der Waals surface area contributed by atoms with E-state index in [0.29, 0.717) is 18.6 Å². The van der Waals surface area contributed by atoms with Gasteiger partial charge in [-0.15, -0.1) is 0 Å². The number of carbonyl (C=O) groups excluding carboxylic acids is 1. The smallest absolute Gasteiger partial charge is 0.310 e. The number of benzene rings is 1. The topological polar surface area (TPSA) is 35.5 Å². The minimum Gasteiger partial charge on any atom is -0.493 e. The largest absolute Gasteiger partial charge is 0.493 e. The summed E-state index contributed by atoms with van der Waals surface area (Å²) in [5.74, 6) is -0.695. The quantitative estimate of drug-likeness (QED) is 0.742. The molecule has 0 radical (unpaired) electrons. The van der Waals surface area contributed by atoms with Crippen LogP contribution >= 0.6 is 0 Å².